The molecule has 0 rings (SSSR count). The maximum atomic E-state index is 12.8. The van der Waals surface area contributed by atoms with E-state index in [0.29, 0.717) is 19.3 Å². The SMILES string of the molecule is CC\C=C/C=C\C=C/C=C\C=C\C=C/CCCCCC(=O)OCC(COC(=O)CCCCCCCCC/C=C\CCCCCCCC)OC(=O)CCC/C=C\C/C=C\C/C=C\C/C=C\C/C=C\CC. The number of rotatable bonds is 47. The minimum absolute atomic E-state index is 0.123. The fourth-order valence-electron chi connectivity index (χ4n) is 6.91. The molecule has 6 nitrogen and oxygen atoms in total. The maximum absolute atomic E-state index is 12.8. The molecule has 386 valence electrons. The van der Waals surface area contributed by atoms with Crippen LogP contribution in [0, 0.1) is 0 Å². The summed E-state index contributed by atoms with van der Waals surface area (Å²) in [5, 5.41) is 0. The average molecular weight is 951 g/mol. The number of hydrogen-bond acceptors (Lipinski definition) is 6. The highest BCUT2D eigenvalue weighted by molar-refractivity contribution is 5.71. The minimum atomic E-state index is -0.835. The molecule has 0 fully saturated rings. The van der Waals surface area contributed by atoms with E-state index in [1.54, 1.807) is 0 Å². The molecule has 0 aromatic rings. The van der Waals surface area contributed by atoms with Gasteiger partial charge in [0, 0.05) is 19.3 Å². The Hall–Kier alpha value is -4.71. The summed E-state index contributed by atoms with van der Waals surface area (Å²) in [6.45, 7) is 6.27. The maximum Gasteiger partial charge on any atom is 0.306 e. The summed E-state index contributed by atoms with van der Waals surface area (Å²) in [6.07, 6.45) is 79.8. The summed E-state index contributed by atoms with van der Waals surface area (Å²) < 4.78 is 16.7. The van der Waals surface area contributed by atoms with E-state index in [9.17, 15) is 14.4 Å². The van der Waals surface area contributed by atoms with Crippen LogP contribution in [0.4, 0.5) is 0 Å². The van der Waals surface area contributed by atoms with E-state index in [1.807, 2.05) is 60.8 Å². The van der Waals surface area contributed by atoms with Crippen LogP contribution in [0.1, 0.15) is 213 Å². The van der Waals surface area contributed by atoms with Crippen molar-refractivity contribution in [1.82, 2.24) is 0 Å². The van der Waals surface area contributed by atoms with Crippen molar-refractivity contribution in [2.24, 2.45) is 0 Å². The Morgan fingerprint density at radius 2 is 0.652 bits per heavy atom. The largest absolute Gasteiger partial charge is 0.462 e. The molecule has 0 heterocycles. The van der Waals surface area contributed by atoms with E-state index >= 15 is 0 Å². The van der Waals surface area contributed by atoms with Crippen LogP contribution in [-0.4, -0.2) is 37.2 Å². The molecule has 0 aliphatic carbocycles. The van der Waals surface area contributed by atoms with Gasteiger partial charge >= 0.3 is 17.9 Å². The number of allylic oxidation sites excluding steroid dienone is 24. The lowest BCUT2D eigenvalue weighted by molar-refractivity contribution is -0.167. The highest BCUT2D eigenvalue weighted by Gasteiger charge is 2.19. The van der Waals surface area contributed by atoms with Gasteiger partial charge in [0.15, 0.2) is 6.10 Å². The van der Waals surface area contributed by atoms with Crippen LogP contribution in [0.3, 0.4) is 0 Å². The van der Waals surface area contributed by atoms with Crippen LogP contribution in [0.2, 0.25) is 0 Å². The van der Waals surface area contributed by atoms with Crippen LogP contribution in [0.5, 0.6) is 0 Å². The van der Waals surface area contributed by atoms with E-state index in [4.69, 9.17) is 14.2 Å². The Balaban J connectivity index is 4.60. The first-order valence-electron chi connectivity index (χ1n) is 27.4. The molecule has 0 saturated heterocycles. The normalized spacial score (nSPS) is 13.3. The predicted octanol–water partition coefficient (Wildman–Crippen LogP) is 18.4. The Morgan fingerprint density at radius 1 is 0.319 bits per heavy atom. The van der Waals surface area contributed by atoms with Crippen molar-refractivity contribution >= 4 is 17.9 Å². The summed E-state index contributed by atoms with van der Waals surface area (Å²) in [5.41, 5.74) is 0. The smallest absolute Gasteiger partial charge is 0.306 e. The summed E-state index contributed by atoms with van der Waals surface area (Å²) in [7, 11) is 0. The highest BCUT2D eigenvalue weighted by Crippen LogP contribution is 2.13. The van der Waals surface area contributed by atoms with Gasteiger partial charge in [0.05, 0.1) is 0 Å². The molecule has 0 amide bonds. The summed E-state index contributed by atoms with van der Waals surface area (Å²) in [6, 6.07) is 0. The van der Waals surface area contributed by atoms with Crippen LogP contribution in [0.25, 0.3) is 0 Å². The summed E-state index contributed by atoms with van der Waals surface area (Å²) in [5.74, 6) is -1.04. The number of carbonyl (C=O) groups excluding carboxylic acids is 3. The van der Waals surface area contributed by atoms with Crippen molar-refractivity contribution in [1.29, 1.82) is 0 Å². The van der Waals surface area contributed by atoms with E-state index in [-0.39, 0.29) is 44.0 Å². The third kappa shape index (κ3) is 54.1. The van der Waals surface area contributed by atoms with Gasteiger partial charge in [-0.05, 0) is 103 Å². The lowest BCUT2D eigenvalue weighted by Gasteiger charge is -2.18. The molecule has 0 N–H and O–H groups in total. The molecule has 6 heteroatoms. The molecule has 1 atom stereocenters. The molecule has 0 aromatic carbocycles. The Morgan fingerprint density at radius 3 is 1.13 bits per heavy atom. The highest BCUT2D eigenvalue weighted by atomic mass is 16.6. The van der Waals surface area contributed by atoms with Gasteiger partial charge in [-0.1, -0.05) is 237 Å². The van der Waals surface area contributed by atoms with Crippen molar-refractivity contribution in [2.45, 2.75) is 219 Å². The molecule has 1 unspecified atom stereocenters. The van der Waals surface area contributed by atoms with E-state index in [1.165, 1.54) is 77.0 Å². The number of carbonyl (C=O) groups is 3. The van der Waals surface area contributed by atoms with Gasteiger partial charge in [0.1, 0.15) is 13.2 Å². The lowest BCUT2D eigenvalue weighted by atomic mass is 10.1. The van der Waals surface area contributed by atoms with Crippen molar-refractivity contribution < 1.29 is 28.6 Å². The van der Waals surface area contributed by atoms with Gasteiger partial charge in [-0.15, -0.1) is 0 Å². The van der Waals surface area contributed by atoms with Crippen LogP contribution in [-0.2, 0) is 28.6 Å². The number of ether oxygens (including phenoxy) is 3. The fraction of sp³-hybridized carbons (Fsp3) is 0.571. The zero-order valence-electron chi connectivity index (χ0n) is 44.0. The first kappa shape index (κ1) is 64.3. The predicted molar refractivity (Wildman–Crippen MR) is 297 cm³/mol. The molecule has 0 spiro atoms. The molecular weight excluding hydrogens is 853 g/mol. The zero-order valence-corrected chi connectivity index (χ0v) is 44.0. The standard InChI is InChI=1S/C63H98O6/c1-4-7-10-13-16-19-22-25-28-31-34-37-40-43-46-49-52-55-61(64)67-58-60(69-63(66)57-54-51-48-45-42-39-36-33-30-27-24-21-18-15-12-9-6-3)59-68-62(65)56-53-50-47-44-41-38-35-32-29-26-23-20-17-14-11-8-5-2/h7,9-10,12-13,16,18-19,21-22,25-31,34,36-37,39-40,45,48,60H,4-6,8,11,14-15,17,20,23-24,32-33,35,38,41-44,46-47,49-59H2,1-3H3/b10-7-,12-9-,16-13-,21-18-,22-19-,28-25-,29-26-,30-27-,34-31+,39-36-,40-37-,48-45-. The van der Waals surface area contributed by atoms with Gasteiger partial charge in [0.2, 0.25) is 0 Å². The van der Waals surface area contributed by atoms with Crippen molar-refractivity contribution in [3.05, 3.63) is 146 Å². The Labute approximate surface area is 423 Å². The number of unbranched alkanes of at least 4 members (excludes halogenated alkanes) is 17. The van der Waals surface area contributed by atoms with E-state index in [0.717, 1.165) is 83.5 Å². The molecule has 0 saturated carbocycles. The van der Waals surface area contributed by atoms with Gasteiger partial charge in [-0.3, -0.25) is 14.4 Å². The molecule has 0 radical (unpaired) electrons. The van der Waals surface area contributed by atoms with Gasteiger partial charge < -0.3 is 14.2 Å². The third-order valence-corrected chi connectivity index (χ3v) is 11.0. The molecule has 0 aromatic heterocycles. The summed E-state index contributed by atoms with van der Waals surface area (Å²) in [4.78, 5) is 38.1. The third-order valence-electron chi connectivity index (χ3n) is 11.0. The molecule has 0 aliphatic heterocycles. The van der Waals surface area contributed by atoms with Gasteiger partial charge in [-0.2, -0.15) is 0 Å². The molecule has 0 bridgehead atoms. The van der Waals surface area contributed by atoms with Crippen LogP contribution in [0.15, 0.2) is 146 Å². The average Bonchev–Trinajstić information content (AvgIpc) is 3.35. The van der Waals surface area contributed by atoms with Crippen LogP contribution >= 0.6 is 0 Å². The van der Waals surface area contributed by atoms with Crippen molar-refractivity contribution in [3.8, 4) is 0 Å². The molecule has 0 aliphatic rings. The fourth-order valence-corrected chi connectivity index (χ4v) is 6.91. The second kappa shape index (κ2) is 55.9. The molecular formula is C63H98O6. The first-order chi connectivity index (χ1) is 34.0. The van der Waals surface area contributed by atoms with Crippen molar-refractivity contribution in [3.63, 3.8) is 0 Å². The number of esters is 3. The van der Waals surface area contributed by atoms with Gasteiger partial charge in [-0.25, -0.2) is 0 Å². The van der Waals surface area contributed by atoms with E-state index in [2.05, 4.69) is 106 Å². The minimum Gasteiger partial charge on any atom is -0.462 e. The van der Waals surface area contributed by atoms with E-state index < -0.39 is 6.10 Å². The second-order valence-electron chi connectivity index (χ2n) is 17.5. The first-order valence-corrected chi connectivity index (χ1v) is 27.4. The zero-order chi connectivity index (χ0) is 50.0. The van der Waals surface area contributed by atoms with Crippen molar-refractivity contribution in [2.75, 3.05) is 13.2 Å². The number of hydrogen-bond donors (Lipinski definition) is 0. The summed E-state index contributed by atoms with van der Waals surface area (Å²) >= 11 is 0. The van der Waals surface area contributed by atoms with Crippen LogP contribution < -0.4 is 0 Å². The van der Waals surface area contributed by atoms with Gasteiger partial charge in [0.25, 0.3) is 0 Å². The molecule has 69 heavy (non-hydrogen) atoms. The Kier molecular flexibility index (Phi) is 52.1. The Bertz CT molecular complexity index is 1560. The monoisotopic (exact) mass is 951 g/mol. The topological polar surface area (TPSA) is 78.9 Å². The second-order valence-corrected chi connectivity index (χ2v) is 17.5. The lowest BCUT2D eigenvalue weighted by Crippen LogP contribution is -2.30. The quantitative estimate of drug-likeness (QED) is 0.0199.